The zero-order valence-corrected chi connectivity index (χ0v) is 12.9. The van der Waals surface area contributed by atoms with Crippen LogP contribution in [0.25, 0.3) is 0 Å². The summed E-state index contributed by atoms with van der Waals surface area (Å²) in [6, 6.07) is 0. The quantitative estimate of drug-likeness (QED) is 0.585. The Morgan fingerprint density at radius 2 is 2.05 bits per heavy atom. The Kier molecular flexibility index (Phi) is 5.86. The average molecular weight is 265 g/mol. The Balaban J connectivity index is 1.64. The van der Waals surface area contributed by atoms with E-state index in [1.54, 1.807) is 5.57 Å². The van der Waals surface area contributed by atoms with Crippen molar-refractivity contribution in [2.75, 3.05) is 45.8 Å². The summed E-state index contributed by atoms with van der Waals surface area (Å²) >= 11 is 0. The number of rotatable bonds is 5. The van der Waals surface area contributed by atoms with E-state index in [1.807, 2.05) is 0 Å². The van der Waals surface area contributed by atoms with E-state index in [0.717, 1.165) is 37.4 Å². The van der Waals surface area contributed by atoms with Crippen LogP contribution in [-0.2, 0) is 0 Å². The lowest BCUT2D eigenvalue weighted by Crippen LogP contribution is -2.46. The highest BCUT2D eigenvalue weighted by molar-refractivity contribution is 5.08. The molecular weight excluding hydrogens is 234 g/mol. The maximum absolute atomic E-state index is 3.69. The number of piperazine rings is 1. The minimum absolute atomic E-state index is 0.732. The van der Waals surface area contributed by atoms with Gasteiger partial charge in [0.1, 0.15) is 0 Å². The van der Waals surface area contributed by atoms with E-state index in [9.17, 15) is 0 Å². The van der Waals surface area contributed by atoms with Crippen molar-refractivity contribution < 1.29 is 0 Å². The van der Waals surface area contributed by atoms with Gasteiger partial charge in [0.25, 0.3) is 0 Å². The molecule has 3 atom stereocenters. The predicted octanol–water partition coefficient (Wildman–Crippen LogP) is 1.72. The standard InChI is InChI=1S/C16H31N3/c1-13-10-14(2)16(15(3)11-13)12-18-6-9-19-7-4-17-5-8-19/h10,14-18H,4-9,11-12H2,1-3H3/t14-,15+,16+/m1/s1. The van der Waals surface area contributed by atoms with Crippen LogP contribution in [0.4, 0.5) is 0 Å². The topological polar surface area (TPSA) is 27.3 Å². The number of hydrogen-bond acceptors (Lipinski definition) is 3. The maximum atomic E-state index is 3.69. The van der Waals surface area contributed by atoms with Gasteiger partial charge in [-0.3, -0.25) is 4.90 Å². The molecule has 0 amide bonds. The summed E-state index contributed by atoms with van der Waals surface area (Å²) in [4.78, 5) is 2.56. The van der Waals surface area contributed by atoms with Crippen LogP contribution in [0.3, 0.4) is 0 Å². The normalized spacial score (nSPS) is 33.2. The van der Waals surface area contributed by atoms with Crippen molar-refractivity contribution in [2.45, 2.75) is 27.2 Å². The SMILES string of the molecule is CC1=C[C@@H](C)[C@H](CNCCN2CCNCC2)[C@@H](C)C1. The van der Waals surface area contributed by atoms with Gasteiger partial charge < -0.3 is 10.6 Å². The van der Waals surface area contributed by atoms with Gasteiger partial charge in [-0.25, -0.2) is 0 Å². The van der Waals surface area contributed by atoms with Crippen LogP contribution in [0.15, 0.2) is 11.6 Å². The van der Waals surface area contributed by atoms with E-state index >= 15 is 0 Å². The molecule has 1 fully saturated rings. The van der Waals surface area contributed by atoms with E-state index in [-0.39, 0.29) is 0 Å². The molecule has 0 unspecified atom stereocenters. The first-order valence-electron chi connectivity index (χ1n) is 7.98. The number of nitrogens with zero attached hydrogens (tertiary/aromatic N) is 1. The molecule has 0 spiro atoms. The molecule has 0 radical (unpaired) electrons. The first-order valence-corrected chi connectivity index (χ1v) is 7.98. The molecule has 0 aromatic heterocycles. The van der Waals surface area contributed by atoms with Crippen molar-refractivity contribution in [3.8, 4) is 0 Å². The van der Waals surface area contributed by atoms with Crippen molar-refractivity contribution >= 4 is 0 Å². The molecule has 1 heterocycles. The Labute approximate surface area is 118 Å². The molecule has 3 heteroatoms. The zero-order valence-electron chi connectivity index (χ0n) is 12.9. The van der Waals surface area contributed by atoms with Crippen molar-refractivity contribution in [2.24, 2.45) is 17.8 Å². The molecule has 3 nitrogen and oxygen atoms in total. The van der Waals surface area contributed by atoms with E-state index < -0.39 is 0 Å². The van der Waals surface area contributed by atoms with Gasteiger partial charge in [-0.1, -0.05) is 25.5 Å². The largest absolute Gasteiger partial charge is 0.315 e. The summed E-state index contributed by atoms with van der Waals surface area (Å²) < 4.78 is 0. The van der Waals surface area contributed by atoms with E-state index in [2.05, 4.69) is 42.4 Å². The van der Waals surface area contributed by atoms with Crippen LogP contribution in [0, 0.1) is 17.8 Å². The lowest BCUT2D eigenvalue weighted by molar-refractivity contribution is 0.227. The first kappa shape index (κ1) is 15.0. The second kappa shape index (κ2) is 7.41. The Morgan fingerprint density at radius 1 is 1.32 bits per heavy atom. The minimum atomic E-state index is 0.732. The number of nitrogens with one attached hydrogen (secondary N) is 2. The lowest BCUT2D eigenvalue weighted by atomic mass is 9.75. The Bertz CT molecular complexity index is 294. The van der Waals surface area contributed by atoms with Gasteiger partial charge in [-0.2, -0.15) is 0 Å². The molecule has 1 saturated heterocycles. The molecule has 2 aliphatic rings. The molecule has 2 N–H and O–H groups in total. The fraction of sp³-hybridized carbons (Fsp3) is 0.875. The number of allylic oxidation sites excluding steroid dienone is 2. The molecule has 0 aromatic carbocycles. The van der Waals surface area contributed by atoms with Crippen molar-refractivity contribution in [1.82, 2.24) is 15.5 Å². The summed E-state index contributed by atoms with van der Waals surface area (Å²) in [6.45, 7) is 15.3. The average Bonchev–Trinajstić information content (AvgIpc) is 2.38. The molecule has 0 saturated carbocycles. The second-order valence-electron chi connectivity index (χ2n) is 6.51. The third-order valence-corrected chi connectivity index (χ3v) is 4.79. The lowest BCUT2D eigenvalue weighted by Gasteiger charge is -2.33. The van der Waals surface area contributed by atoms with E-state index in [1.165, 1.54) is 32.6 Å². The molecular formula is C16H31N3. The molecule has 19 heavy (non-hydrogen) atoms. The van der Waals surface area contributed by atoms with Gasteiger partial charge in [-0.05, 0) is 37.6 Å². The zero-order chi connectivity index (χ0) is 13.7. The maximum Gasteiger partial charge on any atom is 0.0108 e. The molecule has 1 aliphatic carbocycles. The molecule has 0 aromatic rings. The Hall–Kier alpha value is -0.380. The van der Waals surface area contributed by atoms with Crippen molar-refractivity contribution in [1.29, 1.82) is 0 Å². The summed E-state index contributed by atoms with van der Waals surface area (Å²) in [6.07, 6.45) is 3.76. The summed E-state index contributed by atoms with van der Waals surface area (Å²) in [5.41, 5.74) is 1.58. The predicted molar refractivity (Wildman–Crippen MR) is 82.4 cm³/mol. The highest BCUT2D eigenvalue weighted by atomic mass is 15.2. The van der Waals surface area contributed by atoms with Crippen LogP contribution in [0.2, 0.25) is 0 Å². The molecule has 110 valence electrons. The summed E-state index contributed by atoms with van der Waals surface area (Å²) in [5, 5.41) is 7.09. The highest BCUT2D eigenvalue weighted by Gasteiger charge is 2.26. The van der Waals surface area contributed by atoms with Gasteiger partial charge in [0, 0.05) is 39.3 Å². The van der Waals surface area contributed by atoms with E-state index in [0.29, 0.717) is 0 Å². The summed E-state index contributed by atoms with van der Waals surface area (Å²) in [5.74, 6) is 2.37. The van der Waals surface area contributed by atoms with Gasteiger partial charge in [0.15, 0.2) is 0 Å². The van der Waals surface area contributed by atoms with Crippen LogP contribution in [0.5, 0.6) is 0 Å². The van der Waals surface area contributed by atoms with Crippen molar-refractivity contribution in [3.63, 3.8) is 0 Å². The third kappa shape index (κ3) is 4.59. The fourth-order valence-corrected chi connectivity index (χ4v) is 3.65. The van der Waals surface area contributed by atoms with Crippen LogP contribution in [-0.4, -0.2) is 50.7 Å². The Morgan fingerprint density at radius 3 is 2.74 bits per heavy atom. The molecule has 0 bridgehead atoms. The van der Waals surface area contributed by atoms with Crippen LogP contribution in [0.1, 0.15) is 27.2 Å². The smallest absolute Gasteiger partial charge is 0.0108 e. The van der Waals surface area contributed by atoms with Crippen molar-refractivity contribution in [3.05, 3.63) is 11.6 Å². The van der Waals surface area contributed by atoms with E-state index in [4.69, 9.17) is 0 Å². The summed E-state index contributed by atoms with van der Waals surface area (Å²) in [7, 11) is 0. The second-order valence-corrected chi connectivity index (χ2v) is 6.51. The van der Waals surface area contributed by atoms with Crippen LogP contribution < -0.4 is 10.6 Å². The molecule has 1 aliphatic heterocycles. The minimum Gasteiger partial charge on any atom is -0.315 e. The first-order chi connectivity index (χ1) is 9.16. The van der Waals surface area contributed by atoms with Gasteiger partial charge >= 0.3 is 0 Å². The monoisotopic (exact) mass is 265 g/mol. The fourth-order valence-electron chi connectivity index (χ4n) is 3.65. The van der Waals surface area contributed by atoms with Gasteiger partial charge in [-0.15, -0.1) is 0 Å². The van der Waals surface area contributed by atoms with Crippen LogP contribution >= 0.6 is 0 Å². The molecule has 2 rings (SSSR count). The van der Waals surface area contributed by atoms with Gasteiger partial charge in [0.2, 0.25) is 0 Å². The number of hydrogen-bond donors (Lipinski definition) is 2. The third-order valence-electron chi connectivity index (χ3n) is 4.79. The van der Waals surface area contributed by atoms with Gasteiger partial charge in [0.05, 0.1) is 0 Å². The highest BCUT2D eigenvalue weighted by Crippen LogP contribution is 2.32.